The fourth-order valence-electron chi connectivity index (χ4n) is 2.17. The normalized spacial score (nSPS) is 13.4. The van der Waals surface area contributed by atoms with Crippen molar-refractivity contribution in [3.05, 3.63) is 46.3 Å². The molecule has 1 aliphatic rings. The van der Waals surface area contributed by atoms with Gasteiger partial charge in [-0.05, 0) is 45.8 Å². The minimum Gasteiger partial charge on any atom is -0.486 e. The maximum Gasteiger partial charge on any atom is 0.175 e. The van der Waals surface area contributed by atoms with Crippen molar-refractivity contribution in [2.24, 2.45) is 0 Å². The lowest BCUT2D eigenvalue weighted by Gasteiger charge is -2.20. The lowest BCUT2D eigenvalue weighted by Crippen LogP contribution is -2.18. The number of benzene rings is 1. The van der Waals surface area contributed by atoms with Crippen molar-refractivity contribution in [2.45, 2.75) is 13.0 Å². The van der Waals surface area contributed by atoms with E-state index >= 15 is 0 Å². The number of furan rings is 1. The average molecular weight is 338 g/mol. The van der Waals surface area contributed by atoms with Crippen LogP contribution in [-0.2, 0) is 13.0 Å². The molecule has 0 atom stereocenters. The van der Waals surface area contributed by atoms with E-state index in [4.69, 9.17) is 13.9 Å². The molecule has 5 heteroatoms. The summed E-state index contributed by atoms with van der Waals surface area (Å²) in [7, 11) is 0. The summed E-state index contributed by atoms with van der Waals surface area (Å²) in [6, 6.07) is 7.99. The van der Waals surface area contributed by atoms with Crippen LogP contribution in [0.15, 0.2) is 39.4 Å². The summed E-state index contributed by atoms with van der Waals surface area (Å²) >= 11 is 3.53. The highest BCUT2D eigenvalue weighted by atomic mass is 79.9. The highest BCUT2D eigenvalue weighted by Gasteiger charge is 2.16. The van der Waals surface area contributed by atoms with Crippen LogP contribution in [0.1, 0.15) is 11.3 Å². The zero-order valence-electron chi connectivity index (χ0n) is 11.0. The minimum atomic E-state index is 0.604. The molecule has 2 aromatic rings. The Morgan fingerprint density at radius 3 is 2.95 bits per heavy atom. The van der Waals surface area contributed by atoms with Gasteiger partial charge >= 0.3 is 0 Å². The molecule has 0 saturated heterocycles. The largest absolute Gasteiger partial charge is 0.486 e. The number of halogens is 1. The third-order valence-corrected chi connectivity index (χ3v) is 3.70. The molecule has 1 aliphatic heterocycles. The van der Waals surface area contributed by atoms with Crippen LogP contribution in [0, 0.1) is 0 Å². The van der Waals surface area contributed by atoms with Crippen LogP contribution in [-0.4, -0.2) is 19.8 Å². The summed E-state index contributed by atoms with van der Waals surface area (Å²) in [4.78, 5) is 0. The molecular formula is C15H16BrNO3. The average Bonchev–Trinajstić information content (AvgIpc) is 2.97. The second kappa shape index (κ2) is 6.33. The smallest absolute Gasteiger partial charge is 0.175 e. The number of nitrogens with one attached hydrogen (secondary N) is 1. The summed E-state index contributed by atoms with van der Waals surface area (Å²) in [5.41, 5.74) is 1.17. The molecule has 20 heavy (non-hydrogen) atoms. The summed E-state index contributed by atoms with van der Waals surface area (Å²) in [6.07, 6.45) is 2.59. The monoisotopic (exact) mass is 337 g/mol. The Labute approximate surface area is 126 Å². The van der Waals surface area contributed by atoms with E-state index < -0.39 is 0 Å². The molecule has 1 aromatic carbocycles. The van der Waals surface area contributed by atoms with E-state index in [1.54, 1.807) is 6.26 Å². The van der Waals surface area contributed by atoms with Crippen molar-refractivity contribution < 1.29 is 13.9 Å². The van der Waals surface area contributed by atoms with Gasteiger partial charge in [0.1, 0.15) is 19.0 Å². The predicted octanol–water partition coefficient (Wildman–Crippen LogP) is 3.15. The van der Waals surface area contributed by atoms with Gasteiger partial charge in [-0.3, -0.25) is 0 Å². The number of hydrogen-bond donors (Lipinski definition) is 1. The quantitative estimate of drug-likeness (QED) is 0.851. The van der Waals surface area contributed by atoms with Crippen LogP contribution in [0.25, 0.3) is 0 Å². The molecule has 0 aliphatic carbocycles. The Morgan fingerprint density at radius 2 is 2.10 bits per heavy atom. The third-order valence-electron chi connectivity index (χ3n) is 3.11. The molecule has 3 rings (SSSR count). The molecule has 106 valence electrons. The van der Waals surface area contributed by atoms with Gasteiger partial charge in [-0.1, -0.05) is 0 Å². The SMILES string of the molecule is Brc1cc(CNCCc2ccco2)cc2c1OCCO2. The fourth-order valence-corrected chi connectivity index (χ4v) is 2.77. The van der Waals surface area contributed by atoms with Gasteiger partial charge in [0.25, 0.3) is 0 Å². The summed E-state index contributed by atoms with van der Waals surface area (Å²) in [5, 5.41) is 3.40. The van der Waals surface area contributed by atoms with Crippen LogP contribution in [0.5, 0.6) is 11.5 Å². The first-order valence-electron chi connectivity index (χ1n) is 6.64. The van der Waals surface area contributed by atoms with Crippen LogP contribution in [0.3, 0.4) is 0 Å². The molecule has 2 heterocycles. The molecule has 4 nitrogen and oxygen atoms in total. The Morgan fingerprint density at radius 1 is 1.20 bits per heavy atom. The molecule has 0 bridgehead atoms. The highest BCUT2D eigenvalue weighted by Crippen LogP contribution is 2.38. The van der Waals surface area contributed by atoms with Crippen molar-refractivity contribution in [3.8, 4) is 11.5 Å². The van der Waals surface area contributed by atoms with E-state index in [9.17, 15) is 0 Å². The van der Waals surface area contributed by atoms with Crippen LogP contribution >= 0.6 is 15.9 Å². The number of ether oxygens (including phenoxy) is 2. The van der Waals surface area contributed by atoms with Gasteiger partial charge < -0.3 is 19.2 Å². The van der Waals surface area contributed by atoms with E-state index in [-0.39, 0.29) is 0 Å². The van der Waals surface area contributed by atoms with E-state index in [0.717, 1.165) is 41.2 Å². The zero-order chi connectivity index (χ0) is 13.8. The summed E-state index contributed by atoms with van der Waals surface area (Å²) in [6.45, 7) is 2.87. The highest BCUT2D eigenvalue weighted by molar-refractivity contribution is 9.10. The van der Waals surface area contributed by atoms with Gasteiger partial charge in [0.05, 0.1) is 10.7 Å². The molecule has 0 saturated carbocycles. The second-order valence-electron chi connectivity index (χ2n) is 4.61. The van der Waals surface area contributed by atoms with Gasteiger partial charge in [-0.2, -0.15) is 0 Å². The maximum atomic E-state index is 5.61. The fraction of sp³-hybridized carbons (Fsp3) is 0.333. The molecule has 0 fully saturated rings. The topological polar surface area (TPSA) is 43.6 Å². The first kappa shape index (κ1) is 13.5. The van der Waals surface area contributed by atoms with E-state index in [1.807, 2.05) is 18.2 Å². The molecule has 0 spiro atoms. The Bertz CT molecular complexity index is 569. The minimum absolute atomic E-state index is 0.604. The number of hydrogen-bond acceptors (Lipinski definition) is 4. The molecular weight excluding hydrogens is 322 g/mol. The molecule has 0 amide bonds. The van der Waals surface area contributed by atoms with E-state index in [1.165, 1.54) is 5.56 Å². The number of fused-ring (bicyclic) bond motifs is 1. The van der Waals surface area contributed by atoms with Crippen LogP contribution < -0.4 is 14.8 Å². The van der Waals surface area contributed by atoms with Crippen molar-refractivity contribution in [1.82, 2.24) is 5.32 Å². The second-order valence-corrected chi connectivity index (χ2v) is 5.46. The molecule has 1 aromatic heterocycles. The number of rotatable bonds is 5. The Hall–Kier alpha value is -1.46. The predicted molar refractivity (Wildman–Crippen MR) is 79.3 cm³/mol. The maximum absolute atomic E-state index is 5.61. The lowest BCUT2D eigenvalue weighted by molar-refractivity contribution is 0.170. The summed E-state index contributed by atoms with van der Waals surface area (Å²) in [5.74, 6) is 2.62. The van der Waals surface area contributed by atoms with Crippen molar-refractivity contribution >= 4 is 15.9 Å². The van der Waals surface area contributed by atoms with E-state index in [2.05, 4.69) is 27.3 Å². The molecule has 0 unspecified atom stereocenters. The van der Waals surface area contributed by atoms with Crippen molar-refractivity contribution in [2.75, 3.05) is 19.8 Å². The Balaban J connectivity index is 1.56. The standard InChI is InChI=1S/C15H16BrNO3/c16-13-8-11(9-14-15(13)20-7-6-19-14)10-17-4-3-12-2-1-5-18-12/h1-2,5,8-9,17H,3-4,6-7,10H2. The zero-order valence-corrected chi connectivity index (χ0v) is 12.6. The van der Waals surface area contributed by atoms with Gasteiger partial charge in [0.2, 0.25) is 0 Å². The summed E-state index contributed by atoms with van der Waals surface area (Å²) < 4.78 is 17.4. The van der Waals surface area contributed by atoms with Gasteiger partial charge in [0.15, 0.2) is 11.5 Å². The first-order chi connectivity index (χ1) is 9.83. The molecule has 1 N–H and O–H groups in total. The first-order valence-corrected chi connectivity index (χ1v) is 7.43. The lowest BCUT2D eigenvalue weighted by atomic mass is 10.2. The van der Waals surface area contributed by atoms with Crippen molar-refractivity contribution in [3.63, 3.8) is 0 Å². The van der Waals surface area contributed by atoms with Crippen molar-refractivity contribution in [1.29, 1.82) is 0 Å². The third kappa shape index (κ3) is 3.16. The van der Waals surface area contributed by atoms with Crippen LogP contribution in [0.2, 0.25) is 0 Å². The Kier molecular flexibility index (Phi) is 4.28. The van der Waals surface area contributed by atoms with E-state index in [0.29, 0.717) is 13.2 Å². The van der Waals surface area contributed by atoms with Gasteiger partial charge in [-0.15, -0.1) is 0 Å². The van der Waals surface area contributed by atoms with Gasteiger partial charge in [0, 0.05) is 19.5 Å². The van der Waals surface area contributed by atoms with Gasteiger partial charge in [-0.25, -0.2) is 0 Å². The van der Waals surface area contributed by atoms with Crippen LogP contribution in [0.4, 0.5) is 0 Å². The molecule has 0 radical (unpaired) electrons.